The average Bonchev–Trinajstić information content (AvgIpc) is 3.53. The minimum absolute atomic E-state index is 0.0246. The van der Waals surface area contributed by atoms with Gasteiger partial charge < -0.3 is 19.2 Å². The fraction of sp³-hybridized carbons (Fsp3) is 0.320. The van der Waals surface area contributed by atoms with E-state index in [9.17, 15) is 14.9 Å². The molecule has 0 bridgehead atoms. The zero-order chi connectivity index (χ0) is 23.9. The van der Waals surface area contributed by atoms with Gasteiger partial charge in [-0.1, -0.05) is 11.6 Å². The van der Waals surface area contributed by atoms with Crippen LogP contribution in [0.3, 0.4) is 0 Å². The highest BCUT2D eigenvalue weighted by atomic mass is 32.2. The summed E-state index contributed by atoms with van der Waals surface area (Å²) in [5.41, 5.74) is 2.62. The summed E-state index contributed by atoms with van der Waals surface area (Å²) in [6.07, 6.45) is 7.14. The van der Waals surface area contributed by atoms with Crippen LogP contribution in [-0.4, -0.2) is 52.6 Å². The fourth-order valence-electron chi connectivity index (χ4n) is 4.10. The van der Waals surface area contributed by atoms with Gasteiger partial charge in [-0.15, -0.1) is 0 Å². The minimum atomic E-state index is -0.431. The maximum absolute atomic E-state index is 13.5. The molecule has 3 aromatic rings. The largest absolute Gasteiger partial charge is 0.466 e. The number of aromatic amines is 1. The van der Waals surface area contributed by atoms with Gasteiger partial charge in [0.25, 0.3) is 0 Å². The maximum atomic E-state index is 13.5. The van der Waals surface area contributed by atoms with Gasteiger partial charge in [-0.25, -0.2) is 9.52 Å². The molecule has 176 valence electrons. The second-order valence-corrected chi connectivity index (χ2v) is 8.99. The standard InChI is InChI=1S/C25H27N5O3S/c1-33-24(31)16-18-8-13-30(14-9-18)25(32)22(10-15-29-12-3-4-19(29)17-26)28-34-23-6-2-5-21-20(23)7-11-27-21/h2-7,11-12,16,22,27-28H,8-10,13-15H2,1H3. The van der Waals surface area contributed by atoms with Crippen molar-refractivity contribution in [1.82, 2.24) is 19.2 Å². The van der Waals surface area contributed by atoms with Crippen LogP contribution in [0.5, 0.6) is 0 Å². The van der Waals surface area contributed by atoms with Gasteiger partial charge in [0, 0.05) is 53.9 Å². The Morgan fingerprint density at radius 1 is 1.26 bits per heavy atom. The number of benzene rings is 1. The van der Waals surface area contributed by atoms with Crippen molar-refractivity contribution in [1.29, 1.82) is 5.26 Å². The molecule has 1 fully saturated rings. The number of likely N-dealkylation sites (tertiary alicyclic amines) is 1. The Morgan fingerprint density at radius 2 is 2.09 bits per heavy atom. The molecule has 8 nitrogen and oxygen atoms in total. The number of carbonyl (C=O) groups excluding carboxylic acids is 2. The molecule has 3 heterocycles. The summed E-state index contributed by atoms with van der Waals surface area (Å²) >= 11 is 1.45. The number of hydrogen-bond donors (Lipinski definition) is 2. The molecule has 0 radical (unpaired) electrons. The number of rotatable bonds is 8. The summed E-state index contributed by atoms with van der Waals surface area (Å²) in [7, 11) is 1.36. The Hall–Kier alpha value is -3.48. The number of nitrogens with zero attached hydrogens (tertiary/aromatic N) is 3. The fourth-order valence-corrected chi connectivity index (χ4v) is 5.02. The van der Waals surface area contributed by atoms with Crippen molar-refractivity contribution in [3.63, 3.8) is 0 Å². The highest BCUT2D eigenvalue weighted by molar-refractivity contribution is 7.97. The first-order valence-corrected chi connectivity index (χ1v) is 12.0. The first-order valence-electron chi connectivity index (χ1n) is 11.2. The first-order chi connectivity index (χ1) is 16.6. The molecule has 9 heteroatoms. The number of aromatic nitrogens is 2. The second kappa shape index (κ2) is 11.1. The quantitative estimate of drug-likeness (QED) is 0.292. The number of methoxy groups -OCH3 is 1. The van der Waals surface area contributed by atoms with Crippen molar-refractivity contribution in [2.45, 2.75) is 36.7 Å². The van der Waals surface area contributed by atoms with Crippen LogP contribution in [0, 0.1) is 11.3 Å². The van der Waals surface area contributed by atoms with E-state index in [4.69, 9.17) is 4.74 Å². The number of nitrogens with one attached hydrogen (secondary N) is 2. The van der Waals surface area contributed by atoms with Crippen LogP contribution in [-0.2, 0) is 20.9 Å². The molecule has 1 atom stereocenters. The lowest BCUT2D eigenvalue weighted by molar-refractivity contribution is -0.134. The third-order valence-electron chi connectivity index (χ3n) is 6.01. The van der Waals surface area contributed by atoms with Crippen molar-refractivity contribution in [2.75, 3.05) is 20.2 Å². The summed E-state index contributed by atoms with van der Waals surface area (Å²) in [6.45, 7) is 1.67. The Balaban J connectivity index is 1.46. The molecule has 2 aromatic heterocycles. The van der Waals surface area contributed by atoms with Crippen molar-refractivity contribution < 1.29 is 14.3 Å². The Kier molecular flexibility index (Phi) is 7.72. The van der Waals surface area contributed by atoms with Gasteiger partial charge in [0.1, 0.15) is 11.8 Å². The van der Waals surface area contributed by atoms with Crippen molar-refractivity contribution in [2.24, 2.45) is 0 Å². The van der Waals surface area contributed by atoms with Crippen molar-refractivity contribution in [3.05, 3.63) is 66.1 Å². The van der Waals surface area contributed by atoms with E-state index in [1.165, 1.54) is 25.1 Å². The Bertz CT molecular complexity index is 1230. The van der Waals surface area contributed by atoms with Crippen LogP contribution in [0.25, 0.3) is 10.9 Å². The third-order valence-corrected chi connectivity index (χ3v) is 6.99. The molecule has 0 saturated carbocycles. The van der Waals surface area contributed by atoms with E-state index in [0.717, 1.165) is 21.4 Å². The lowest BCUT2D eigenvalue weighted by Gasteiger charge is -2.32. The number of carbonyl (C=O) groups is 2. The topological polar surface area (TPSA) is 103 Å². The Morgan fingerprint density at radius 3 is 2.85 bits per heavy atom. The van der Waals surface area contributed by atoms with Crippen LogP contribution in [0.1, 0.15) is 25.0 Å². The SMILES string of the molecule is COC(=O)C=C1CCN(C(=O)C(CCn2cccc2C#N)NSc2cccc3[nH]ccc23)CC1. The number of aryl methyl sites for hydroxylation is 1. The summed E-state index contributed by atoms with van der Waals surface area (Å²) in [5.74, 6) is -0.332. The second-order valence-electron chi connectivity index (χ2n) is 8.11. The monoisotopic (exact) mass is 477 g/mol. The van der Waals surface area contributed by atoms with Crippen LogP contribution in [0.2, 0.25) is 0 Å². The maximum Gasteiger partial charge on any atom is 0.330 e. The number of nitriles is 1. The van der Waals surface area contributed by atoms with Crippen molar-refractivity contribution >= 4 is 34.7 Å². The highest BCUT2D eigenvalue weighted by Gasteiger charge is 2.27. The average molecular weight is 478 g/mol. The molecule has 0 aliphatic carbocycles. The van der Waals surface area contributed by atoms with E-state index in [0.29, 0.717) is 44.6 Å². The van der Waals surface area contributed by atoms with Gasteiger partial charge in [0.15, 0.2) is 0 Å². The van der Waals surface area contributed by atoms with Gasteiger partial charge in [-0.2, -0.15) is 5.26 Å². The van der Waals surface area contributed by atoms with Crippen LogP contribution < -0.4 is 4.72 Å². The molecule has 1 amide bonds. The molecule has 1 aliphatic rings. The summed E-state index contributed by atoms with van der Waals surface area (Å²) in [5, 5.41) is 10.4. The van der Waals surface area contributed by atoms with Gasteiger partial charge in [0.2, 0.25) is 5.91 Å². The van der Waals surface area contributed by atoms with E-state index >= 15 is 0 Å². The van der Waals surface area contributed by atoms with Crippen LogP contribution in [0.4, 0.5) is 0 Å². The lowest BCUT2D eigenvalue weighted by Crippen LogP contribution is -2.47. The molecule has 0 spiro atoms. The van der Waals surface area contributed by atoms with Crippen LogP contribution >= 0.6 is 11.9 Å². The smallest absolute Gasteiger partial charge is 0.330 e. The van der Waals surface area contributed by atoms with Crippen LogP contribution in [0.15, 0.2) is 65.3 Å². The number of esters is 1. The number of amides is 1. The highest BCUT2D eigenvalue weighted by Crippen LogP contribution is 2.27. The van der Waals surface area contributed by atoms with Gasteiger partial charge in [-0.05, 0) is 61.5 Å². The first kappa shape index (κ1) is 23.7. The van der Waals surface area contributed by atoms with Crippen molar-refractivity contribution in [3.8, 4) is 6.07 Å². The molecule has 1 aliphatic heterocycles. The van der Waals surface area contributed by atoms with E-state index in [1.807, 2.05) is 52.2 Å². The molecule has 1 unspecified atom stereocenters. The molecule has 4 rings (SSSR count). The normalized spacial score (nSPS) is 14.6. The van der Waals surface area contributed by atoms with E-state index in [2.05, 4.69) is 15.8 Å². The zero-order valence-corrected chi connectivity index (χ0v) is 19.8. The summed E-state index contributed by atoms with van der Waals surface area (Å²) in [6, 6.07) is 13.4. The molecule has 1 aromatic carbocycles. The third kappa shape index (κ3) is 5.53. The summed E-state index contributed by atoms with van der Waals surface area (Å²) in [4.78, 5) is 31.1. The van der Waals surface area contributed by atoms with Gasteiger partial charge in [0.05, 0.1) is 13.2 Å². The predicted octanol–water partition coefficient (Wildman–Crippen LogP) is 3.62. The van der Waals surface area contributed by atoms with E-state index in [-0.39, 0.29) is 11.9 Å². The molecule has 2 N–H and O–H groups in total. The number of hydrogen-bond acceptors (Lipinski definition) is 6. The van der Waals surface area contributed by atoms with Gasteiger partial charge >= 0.3 is 5.97 Å². The van der Waals surface area contributed by atoms with Gasteiger partial charge in [-0.3, -0.25) is 4.79 Å². The molecule has 1 saturated heterocycles. The number of piperidine rings is 1. The Labute approximate surface area is 202 Å². The van der Waals surface area contributed by atoms with E-state index < -0.39 is 6.04 Å². The lowest BCUT2D eigenvalue weighted by atomic mass is 10.0. The molecular weight excluding hydrogens is 450 g/mol. The number of H-pyrrole nitrogens is 1. The number of fused-ring (bicyclic) bond motifs is 1. The summed E-state index contributed by atoms with van der Waals surface area (Å²) < 4.78 is 9.98. The molecular formula is C25H27N5O3S. The number of ether oxygens (including phenoxy) is 1. The minimum Gasteiger partial charge on any atom is -0.466 e. The predicted molar refractivity (Wildman–Crippen MR) is 131 cm³/mol. The molecule has 34 heavy (non-hydrogen) atoms. The zero-order valence-electron chi connectivity index (χ0n) is 19.0. The van der Waals surface area contributed by atoms with E-state index in [1.54, 1.807) is 6.07 Å².